The highest BCUT2D eigenvalue weighted by molar-refractivity contribution is 14.1. The Morgan fingerprint density at radius 1 is 1.61 bits per heavy atom. The number of rotatable bonds is 3. The Balaban J connectivity index is 2.02. The van der Waals surface area contributed by atoms with Gasteiger partial charge in [0.2, 0.25) is 0 Å². The van der Waals surface area contributed by atoms with Gasteiger partial charge in [-0.2, -0.15) is 0 Å². The molecule has 1 N–H and O–H groups in total. The van der Waals surface area contributed by atoms with Crippen LogP contribution in [-0.2, 0) is 4.74 Å². The van der Waals surface area contributed by atoms with Crippen molar-refractivity contribution in [3.63, 3.8) is 0 Å². The van der Waals surface area contributed by atoms with Crippen LogP contribution in [0.15, 0.2) is 18.2 Å². The number of hydrogen-bond acceptors (Lipinski definition) is 2. The van der Waals surface area contributed by atoms with Gasteiger partial charge in [-0.25, -0.2) is 4.39 Å². The molecule has 1 aromatic carbocycles. The van der Waals surface area contributed by atoms with E-state index in [1.807, 2.05) is 29.5 Å². The monoisotopic (exact) mass is 363 g/mol. The van der Waals surface area contributed by atoms with E-state index < -0.39 is 0 Å². The third-order valence-corrected chi connectivity index (χ3v) is 3.95. The zero-order valence-electron chi connectivity index (χ0n) is 10.1. The number of amides is 1. The summed E-state index contributed by atoms with van der Waals surface area (Å²) in [6, 6.07) is 4.13. The molecule has 2 rings (SSSR count). The van der Waals surface area contributed by atoms with Crippen LogP contribution in [-0.4, -0.2) is 24.7 Å². The van der Waals surface area contributed by atoms with Gasteiger partial charge in [0.25, 0.3) is 5.91 Å². The largest absolute Gasteiger partial charge is 0.376 e. The third-order valence-electron chi connectivity index (χ3n) is 3.06. The standard InChI is InChI=1S/C13H15FINO2/c1-8(12-3-2-6-18-12)16-13(17)10-5-4-9(14)7-11(10)15/h4-5,7-8,12H,2-3,6H2,1H3,(H,16,17)/t8-,12-/m1/s1. The highest BCUT2D eigenvalue weighted by Gasteiger charge is 2.24. The summed E-state index contributed by atoms with van der Waals surface area (Å²) < 4.78 is 19.1. The molecule has 98 valence electrons. The molecule has 1 amide bonds. The molecule has 0 aliphatic carbocycles. The molecule has 2 atom stereocenters. The second-order valence-corrected chi connectivity index (χ2v) is 5.60. The molecule has 5 heteroatoms. The van der Waals surface area contributed by atoms with E-state index in [1.165, 1.54) is 18.2 Å². The normalized spacial score (nSPS) is 20.7. The van der Waals surface area contributed by atoms with Crippen LogP contribution in [0.4, 0.5) is 4.39 Å². The molecule has 0 aromatic heterocycles. The summed E-state index contributed by atoms with van der Waals surface area (Å²) in [6.07, 6.45) is 2.10. The van der Waals surface area contributed by atoms with Gasteiger partial charge in [-0.1, -0.05) is 0 Å². The fraction of sp³-hybridized carbons (Fsp3) is 0.462. The summed E-state index contributed by atoms with van der Waals surface area (Å²) >= 11 is 1.96. The second kappa shape index (κ2) is 5.97. The predicted molar refractivity (Wildman–Crippen MR) is 75.0 cm³/mol. The number of halogens is 2. The van der Waals surface area contributed by atoms with Crippen LogP contribution in [0.1, 0.15) is 30.1 Å². The van der Waals surface area contributed by atoms with E-state index in [-0.39, 0.29) is 23.9 Å². The first-order chi connectivity index (χ1) is 8.58. The van der Waals surface area contributed by atoms with Crippen LogP contribution < -0.4 is 5.32 Å². The Kier molecular flexibility index (Phi) is 4.55. The van der Waals surface area contributed by atoms with Crippen LogP contribution in [0.25, 0.3) is 0 Å². The topological polar surface area (TPSA) is 38.3 Å². The molecule has 0 unspecified atom stereocenters. The molecule has 1 fully saturated rings. The van der Waals surface area contributed by atoms with Crippen molar-refractivity contribution in [1.82, 2.24) is 5.32 Å². The SMILES string of the molecule is C[C@@H](NC(=O)c1ccc(F)cc1I)[C@H]1CCCO1. The lowest BCUT2D eigenvalue weighted by Crippen LogP contribution is -2.41. The van der Waals surface area contributed by atoms with Gasteiger partial charge in [0.05, 0.1) is 17.7 Å². The molecule has 18 heavy (non-hydrogen) atoms. The molecular weight excluding hydrogens is 348 g/mol. The van der Waals surface area contributed by atoms with E-state index in [9.17, 15) is 9.18 Å². The lowest BCUT2D eigenvalue weighted by molar-refractivity contribution is 0.0712. The first-order valence-electron chi connectivity index (χ1n) is 5.95. The smallest absolute Gasteiger partial charge is 0.252 e. The average molecular weight is 363 g/mol. The van der Waals surface area contributed by atoms with E-state index in [0.717, 1.165) is 19.4 Å². The zero-order valence-corrected chi connectivity index (χ0v) is 12.2. The van der Waals surface area contributed by atoms with Crippen molar-refractivity contribution in [3.8, 4) is 0 Å². The highest BCUT2D eigenvalue weighted by atomic mass is 127. The molecule has 1 aliphatic rings. The summed E-state index contributed by atoms with van der Waals surface area (Å²) in [6.45, 7) is 2.70. The van der Waals surface area contributed by atoms with Crippen molar-refractivity contribution in [2.45, 2.75) is 31.9 Å². The van der Waals surface area contributed by atoms with Crippen LogP contribution >= 0.6 is 22.6 Å². The number of nitrogens with one attached hydrogen (secondary N) is 1. The third kappa shape index (κ3) is 3.20. The molecule has 1 saturated heterocycles. The molecule has 0 spiro atoms. The average Bonchev–Trinajstić information content (AvgIpc) is 2.81. The molecule has 0 radical (unpaired) electrons. The van der Waals surface area contributed by atoms with E-state index in [4.69, 9.17) is 4.74 Å². The molecular formula is C13H15FINO2. The number of benzene rings is 1. The predicted octanol–water partition coefficient (Wildman–Crippen LogP) is 2.73. The maximum Gasteiger partial charge on any atom is 0.252 e. The van der Waals surface area contributed by atoms with Crippen molar-refractivity contribution >= 4 is 28.5 Å². The fourth-order valence-corrected chi connectivity index (χ4v) is 2.77. The number of carbonyl (C=O) groups is 1. The summed E-state index contributed by atoms with van der Waals surface area (Å²) in [7, 11) is 0. The maximum absolute atomic E-state index is 13.0. The zero-order chi connectivity index (χ0) is 13.1. The second-order valence-electron chi connectivity index (χ2n) is 4.44. The van der Waals surface area contributed by atoms with Gasteiger partial charge >= 0.3 is 0 Å². The molecule has 1 heterocycles. The Morgan fingerprint density at radius 2 is 2.39 bits per heavy atom. The summed E-state index contributed by atoms with van der Waals surface area (Å²) in [5.74, 6) is -0.509. The fourth-order valence-electron chi connectivity index (χ4n) is 2.05. The summed E-state index contributed by atoms with van der Waals surface area (Å²) in [4.78, 5) is 12.1. The first kappa shape index (κ1) is 13.7. The van der Waals surface area contributed by atoms with Crippen LogP contribution in [0.2, 0.25) is 0 Å². The van der Waals surface area contributed by atoms with Crippen LogP contribution in [0.3, 0.4) is 0 Å². The van der Waals surface area contributed by atoms with Gasteiger partial charge in [-0.05, 0) is 60.6 Å². The lowest BCUT2D eigenvalue weighted by atomic mass is 10.1. The molecule has 1 aliphatic heterocycles. The van der Waals surface area contributed by atoms with Crippen molar-refractivity contribution in [2.24, 2.45) is 0 Å². The van der Waals surface area contributed by atoms with E-state index in [2.05, 4.69) is 5.32 Å². The maximum atomic E-state index is 13.0. The summed E-state index contributed by atoms with van der Waals surface area (Å²) in [5.41, 5.74) is 0.502. The van der Waals surface area contributed by atoms with Gasteiger partial charge < -0.3 is 10.1 Å². The van der Waals surface area contributed by atoms with Crippen molar-refractivity contribution in [2.75, 3.05) is 6.61 Å². The lowest BCUT2D eigenvalue weighted by Gasteiger charge is -2.20. The Morgan fingerprint density at radius 3 is 3.00 bits per heavy atom. The Hall–Kier alpha value is -0.690. The summed E-state index contributed by atoms with van der Waals surface area (Å²) in [5, 5.41) is 2.91. The number of carbonyl (C=O) groups excluding carboxylic acids is 1. The quantitative estimate of drug-likeness (QED) is 0.839. The minimum absolute atomic E-state index is 0.0270. The Labute approximate surface area is 119 Å². The van der Waals surface area contributed by atoms with E-state index in [1.54, 1.807) is 0 Å². The van der Waals surface area contributed by atoms with Crippen LogP contribution in [0.5, 0.6) is 0 Å². The van der Waals surface area contributed by atoms with Crippen molar-refractivity contribution in [1.29, 1.82) is 0 Å². The minimum Gasteiger partial charge on any atom is -0.376 e. The van der Waals surface area contributed by atoms with Gasteiger partial charge in [0.15, 0.2) is 0 Å². The molecule has 1 aromatic rings. The minimum atomic E-state index is -0.330. The highest BCUT2D eigenvalue weighted by Crippen LogP contribution is 2.17. The van der Waals surface area contributed by atoms with E-state index >= 15 is 0 Å². The van der Waals surface area contributed by atoms with Gasteiger partial charge in [0.1, 0.15) is 5.82 Å². The van der Waals surface area contributed by atoms with Gasteiger partial charge in [0, 0.05) is 10.2 Å². The van der Waals surface area contributed by atoms with Gasteiger partial charge in [-0.3, -0.25) is 4.79 Å². The van der Waals surface area contributed by atoms with Crippen molar-refractivity contribution in [3.05, 3.63) is 33.1 Å². The van der Waals surface area contributed by atoms with E-state index in [0.29, 0.717) is 9.13 Å². The van der Waals surface area contributed by atoms with Crippen LogP contribution in [0, 0.1) is 9.39 Å². The Bertz CT molecular complexity index is 447. The first-order valence-corrected chi connectivity index (χ1v) is 7.03. The van der Waals surface area contributed by atoms with Gasteiger partial charge in [-0.15, -0.1) is 0 Å². The molecule has 0 bridgehead atoms. The van der Waals surface area contributed by atoms with Crippen molar-refractivity contribution < 1.29 is 13.9 Å². The number of ether oxygens (including phenoxy) is 1. The molecule has 0 saturated carbocycles. The molecule has 3 nitrogen and oxygen atoms in total. The number of hydrogen-bond donors (Lipinski definition) is 1.